The van der Waals surface area contributed by atoms with E-state index in [9.17, 15) is 9.18 Å². The van der Waals surface area contributed by atoms with Crippen LogP contribution in [-0.2, 0) is 11.2 Å². The number of amides is 1. The molecule has 1 aromatic heterocycles. The minimum absolute atomic E-state index is 0.101. The fraction of sp³-hybridized carbons (Fsp3) is 0.214. The number of carbonyl (C=O) groups is 1. The number of rotatable bonds is 4. The van der Waals surface area contributed by atoms with E-state index in [1.54, 1.807) is 25.1 Å². The predicted molar refractivity (Wildman–Crippen MR) is 70.4 cm³/mol. The number of carbonyl (C=O) groups excluding carboxylic acids is 1. The second-order valence-corrected chi connectivity index (χ2v) is 4.59. The first-order valence-electron chi connectivity index (χ1n) is 5.83. The number of furan rings is 1. The average Bonchev–Trinajstić information content (AvgIpc) is 2.88. The van der Waals surface area contributed by atoms with Crippen LogP contribution in [0.4, 0.5) is 4.39 Å². The topological polar surface area (TPSA) is 42.2 Å². The van der Waals surface area contributed by atoms with Crippen molar-refractivity contribution in [2.75, 3.05) is 0 Å². The first-order chi connectivity index (χ1) is 9.08. The Morgan fingerprint density at radius 1 is 1.42 bits per heavy atom. The summed E-state index contributed by atoms with van der Waals surface area (Å²) >= 11 is 5.87. The summed E-state index contributed by atoms with van der Waals surface area (Å²) in [6.07, 6.45) is 1.43. The van der Waals surface area contributed by atoms with Crippen molar-refractivity contribution in [3.8, 4) is 0 Å². The lowest BCUT2D eigenvalue weighted by molar-refractivity contribution is -0.121. The molecular formula is C14H13ClFNO2. The molecular weight excluding hydrogens is 269 g/mol. The van der Waals surface area contributed by atoms with Gasteiger partial charge in [0.15, 0.2) is 0 Å². The average molecular weight is 282 g/mol. The third-order valence-electron chi connectivity index (χ3n) is 2.75. The van der Waals surface area contributed by atoms with Crippen molar-refractivity contribution < 1.29 is 13.6 Å². The molecule has 1 unspecified atom stereocenters. The molecule has 3 nitrogen and oxygen atoms in total. The molecule has 1 N–H and O–H groups in total. The molecule has 5 heteroatoms. The van der Waals surface area contributed by atoms with Gasteiger partial charge in [0.05, 0.1) is 18.7 Å². The molecule has 0 aliphatic carbocycles. The van der Waals surface area contributed by atoms with Crippen molar-refractivity contribution in [2.24, 2.45) is 0 Å². The Bertz CT molecular complexity index is 549. The van der Waals surface area contributed by atoms with Crippen molar-refractivity contribution in [3.63, 3.8) is 0 Å². The zero-order valence-electron chi connectivity index (χ0n) is 10.3. The first kappa shape index (κ1) is 13.6. The number of hydrogen-bond acceptors (Lipinski definition) is 2. The van der Waals surface area contributed by atoms with Crippen LogP contribution >= 0.6 is 11.6 Å². The van der Waals surface area contributed by atoms with Crippen LogP contribution in [0.1, 0.15) is 24.3 Å². The molecule has 1 amide bonds. The minimum atomic E-state index is -0.478. The molecule has 1 atom stereocenters. The summed E-state index contributed by atoms with van der Waals surface area (Å²) in [5, 5.41) is 2.98. The van der Waals surface area contributed by atoms with Crippen molar-refractivity contribution in [2.45, 2.75) is 19.4 Å². The van der Waals surface area contributed by atoms with Gasteiger partial charge in [-0.05, 0) is 31.2 Å². The summed E-state index contributed by atoms with van der Waals surface area (Å²) in [7, 11) is 0. The first-order valence-corrected chi connectivity index (χ1v) is 6.21. The van der Waals surface area contributed by atoms with Crippen molar-refractivity contribution in [1.29, 1.82) is 0 Å². The monoisotopic (exact) mass is 281 g/mol. The molecule has 100 valence electrons. The van der Waals surface area contributed by atoms with Crippen LogP contribution in [0.2, 0.25) is 5.02 Å². The zero-order chi connectivity index (χ0) is 13.8. The van der Waals surface area contributed by atoms with Gasteiger partial charge in [-0.25, -0.2) is 4.39 Å². The fourth-order valence-electron chi connectivity index (χ4n) is 1.76. The van der Waals surface area contributed by atoms with E-state index in [0.717, 1.165) is 0 Å². The molecule has 0 fully saturated rings. The Balaban J connectivity index is 2.02. The van der Waals surface area contributed by atoms with Crippen molar-refractivity contribution in [3.05, 3.63) is 58.8 Å². The van der Waals surface area contributed by atoms with Crippen LogP contribution in [0.25, 0.3) is 0 Å². The molecule has 2 rings (SSSR count). The molecule has 0 saturated heterocycles. The Morgan fingerprint density at radius 2 is 2.21 bits per heavy atom. The molecule has 0 saturated carbocycles. The maximum Gasteiger partial charge on any atom is 0.225 e. The maximum absolute atomic E-state index is 13.5. The standard InChI is InChI=1S/C14H13ClFNO2/c1-9(13-6-3-7-19-13)17-14(18)8-10-11(15)4-2-5-12(10)16/h2-7,9H,8H2,1H3,(H,17,18). The van der Waals surface area contributed by atoms with Crippen LogP contribution in [0.15, 0.2) is 41.0 Å². The quantitative estimate of drug-likeness (QED) is 0.932. The number of nitrogens with one attached hydrogen (secondary N) is 1. The van der Waals surface area contributed by atoms with E-state index in [4.69, 9.17) is 16.0 Å². The highest BCUT2D eigenvalue weighted by molar-refractivity contribution is 6.31. The van der Waals surface area contributed by atoms with Gasteiger partial charge >= 0.3 is 0 Å². The third kappa shape index (κ3) is 3.35. The summed E-state index contributed by atoms with van der Waals surface area (Å²) in [5.74, 6) is -0.141. The minimum Gasteiger partial charge on any atom is -0.467 e. The molecule has 0 bridgehead atoms. The van der Waals surface area contributed by atoms with Gasteiger partial charge in [0, 0.05) is 10.6 Å². The molecule has 0 aliphatic heterocycles. The summed E-state index contributed by atoms with van der Waals surface area (Å²) in [6.45, 7) is 1.79. The van der Waals surface area contributed by atoms with Crippen LogP contribution in [0.5, 0.6) is 0 Å². The van der Waals surface area contributed by atoms with Gasteiger partial charge in [0.2, 0.25) is 5.91 Å². The smallest absolute Gasteiger partial charge is 0.225 e. The van der Waals surface area contributed by atoms with Gasteiger partial charge in [-0.1, -0.05) is 17.7 Å². The van der Waals surface area contributed by atoms with Crippen LogP contribution in [0, 0.1) is 5.82 Å². The van der Waals surface area contributed by atoms with E-state index in [1.807, 2.05) is 0 Å². The van der Waals surface area contributed by atoms with Crippen molar-refractivity contribution >= 4 is 17.5 Å². The lowest BCUT2D eigenvalue weighted by atomic mass is 10.1. The highest BCUT2D eigenvalue weighted by atomic mass is 35.5. The lowest BCUT2D eigenvalue weighted by Crippen LogP contribution is -2.28. The second kappa shape index (κ2) is 5.89. The molecule has 2 aromatic rings. The molecule has 1 heterocycles. The van der Waals surface area contributed by atoms with Gasteiger partial charge in [-0.2, -0.15) is 0 Å². The van der Waals surface area contributed by atoms with E-state index in [-0.39, 0.29) is 29.0 Å². The van der Waals surface area contributed by atoms with E-state index < -0.39 is 5.82 Å². The van der Waals surface area contributed by atoms with Gasteiger partial charge in [0.25, 0.3) is 0 Å². The predicted octanol–water partition coefficient (Wildman–Crippen LogP) is 3.49. The number of benzene rings is 1. The summed E-state index contributed by atoms with van der Waals surface area (Å²) < 4.78 is 18.7. The Kier molecular flexibility index (Phi) is 4.22. The van der Waals surface area contributed by atoms with E-state index in [1.165, 1.54) is 18.4 Å². The highest BCUT2D eigenvalue weighted by Gasteiger charge is 2.15. The van der Waals surface area contributed by atoms with Crippen molar-refractivity contribution in [1.82, 2.24) is 5.32 Å². The van der Waals surface area contributed by atoms with Gasteiger partial charge in [0.1, 0.15) is 11.6 Å². The van der Waals surface area contributed by atoms with E-state index in [2.05, 4.69) is 5.32 Å². The Hall–Kier alpha value is -1.81. The van der Waals surface area contributed by atoms with Crippen LogP contribution in [-0.4, -0.2) is 5.91 Å². The normalized spacial score (nSPS) is 12.2. The van der Waals surface area contributed by atoms with Gasteiger partial charge in [-0.3, -0.25) is 4.79 Å². The van der Waals surface area contributed by atoms with Gasteiger partial charge in [-0.15, -0.1) is 0 Å². The molecule has 0 aliphatic rings. The summed E-state index contributed by atoms with van der Waals surface area (Å²) in [6, 6.07) is 7.58. The van der Waals surface area contributed by atoms with Gasteiger partial charge < -0.3 is 9.73 Å². The molecule has 0 spiro atoms. The Labute approximate surface area is 115 Å². The van der Waals surface area contributed by atoms with Crippen LogP contribution < -0.4 is 5.32 Å². The van der Waals surface area contributed by atoms with Crippen LogP contribution in [0.3, 0.4) is 0 Å². The number of hydrogen-bond donors (Lipinski definition) is 1. The maximum atomic E-state index is 13.5. The van der Waals surface area contributed by atoms with E-state index >= 15 is 0 Å². The highest BCUT2D eigenvalue weighted by Crippen LogP contribution is 2.20. The molecule has 0 radical (unpaired) electrons. The summed E-state index contributed by atoms with van der Waals surface area (Å²) in [4.78, 5) is 11.8. The largest absolute Gasteiger partial charge is 0.467 e. The third-order valence-corrected chi connectivity index (χ3v) is 3.10. The zero-order valence-corrected chi connectivity index (χ0v) is 11.1. The lowest BCUT2D eigenvalue weighted by Gasteiger charge is -2.12. The fourth-order valence-corrected chi connectivity index (χ4v) is 1.99. The van der Waals surface area contributed by atoms with E-state index in [0.29, 0.717) is 5.76 Å². The SMILES string of the molecule is CC(NC(=O)Cc1c(F)cccc1Cl)c1ccco1. The molecule has 1 aromatic carbocycles. The molecule has 19 heavy (non-hydrogen) atoms. The number of halogens is 2. The Morgan fingerprint density at radius 3 is 2.84 bits per heavy atom. The summed E-state index contributed by atoms with van der Waals surface area (Å²) in [5.41, 5.74) is 0.202. The second-order valence-electron chi connectivity index (χ2n) is 4.18.